The third-order valence-electron chi connectivity index (χ3n) is 7.09. The van der Waals surface area contributed by atoms with E-state index in [1.54, 1.807) is 0 Å². The van der Waals surface area contributed by atoms with Gasteiger partial charge in [-0.05, 0) is 48.9 Å². The smallest absolute Gasteiger partial charge is 0.223 e. The van der Waals surface area contributed by atoms with Gasteiger partial charge in [-0.1, -0.05) is 40.0 Å². The van der Waals surface area contributed by atoms with Crippen LogP contribution in [0, 0.1) is 22.7 Å². The number of hydrogen-bond donors (Lipinski definition) is 1. The Morgan fingerprint density at radius 1 is 1.05 bits per heavy atom. The molecule has 0 aromatic carbocycles. The summed E-state index contributed by atoms with van der Waals surface area (Å²) in [5, 5.41) is 3.44. The summed E-state index contributed by atoms with van der Waals surface area (Å²) in [6.07, 6.45) is 9.90. The molecule has 0 aliphatic heterocycles. The van der Waals surface area contributed by atoms with Gasteiger partial charge in [0.2, 0.25) is 5.91 Å². The fourth-order valence-electron chi connectivity index (χ4n) is 5.08. The minimum Gasteiger partial charge on any atom is -0.353 e. The Labute approximate surface area is 117 Å². The maximum absolute atomic E-state index is 12.5. The molecule has 0 spiro atoms. The first kappa shape index (κ1) is 13.5. The predicted molar refractivity (Wildman–Crippen MR) is 77.7 cm³/mol. The summed E-state index contributed by atoms with van der Waals surface area (Å²) in [6.45, 7) is 7.24. The largest absolute Gasteiger partial charge is 0.353 e. The molecular formula is C17H29NO. The second kappa shape index (κ2) is 4.49. The molecule has 2 nitrogen and oxygen atoms in total. The number of fused-ring (bicyclic) bond motifs is 2. The third kappa shape index (κ3) is 1.94. The fraction of sp³-hybridized carbons (Fsp3) is 0.941. The zero-order valence-electron chi connectivity index (χ0n) is 12.8. The Balaban J connectivity index is 1.66. The Bertz CT molecular complexity index is 369. The van der Waals surface area contributed by atoms with Gasteiger partial charge in [-0.3, -0.25) is 4.79 Å². The summed E-state index contributed by atoms with van der Waals surface area (Å²) in [6, 6.07) is 0.427. The van der Waals surface area contributed by atoms with E-state index < -0.39 is 0 Å². The molecule has 108 valence electrons. The number of nitrogens with one attached hydrogen (secondary N) is 1. The molecule has 3 atom stereocenters. The van der Waals surface area contributed by atoms with E-state index in [2.05, 4.69) is 26.1 Å². The van der Waals surface area contributed by atoms with Crippen molar-refractivity contribution < 1.29 is 4.79 Å². The molecule has 0 saturated heterocycles. The quantitative estimate of drug-likeness (QED) is 0.804. The van der Waals surface area contributed by atoms with Crippen LogP contribution in [0.2, 0.25) is 0 Å². The lowest BCUT2D eigenvalue weighted by Gasteiger charge is -2.40. The summed E-state index contributed by atoms with van der Waals surface area (Å²) < 4.78 is 0. The molecule has 0 aromatic heterocycles. The predicted octanol–water partition coefficient (Wildman–Crippen LogP) is 3.90. The standard InChI is InChI=1S/C17H29NO/c1-16(2)13-9-10-17(16,3)14(11-13)18-15(19)12-7-5-4-6-8-12/h12-14H,4-11H2,1-3H3,(H,18,19)/t13?,14?,17-/m0/s1. The lowest BCUT2D eigenvalue weighted by molar-refractivity contribution is -0.127. The molecule has 0 aromatic rings. The van der Waals surface area contributed by atoms with Crippen molar-refractivity contribution in [3.05, 3.63) is 0 Å². The van der Waals surface area contributed by atoms with Crippen LogP contribution in [-0.4, -0.2) is 11.9 Å². The van der Waals surface area contributed by atoms with Crippen molar-refractivity contribution in [2.24, 2.45) is 22.7 Å². The maximum Gasteiger partial charge on any atom is 0.223 e. The van der Waals surface area contributed by atoms with Crippen LogP contribution in [0.1, 0.15) is 72.1 Å². The Morgan fingerprint density at radius 2 is 1.74 bits per heavy atom. The topological polar surface area (TPSA) is 29.1 Å². The summed E-state index contributed by atoms with van der Waals surface area (Å²) in [4.78, 5) is 12.5. The van der Waals surface area contributed by atoms with Gasteiger partial charge < -0.3 is 5.32 Å². The van der Waals surface area contributed by atoms with Crippen LogP contribution in [0.25, 0.3) is 0 Å². The van der Waals surface area contributed by atoms with Gasteiger partial charge in [0, 0.05) is 12.0 Å². The number of amides is 1. The van der Waals surface area contributed by atoms with Gasteiger partial charge >= 0.3 is 0 Å². The number of hydrogen-bond acceptors (Lipinski definition) is 1. The van der Waals surface area contributed by atoms with Crippen LogP contribution >= 0.6 is 0 Å². The second-order valence-electron chi connectivity index (χ2n) is 8.01. The number of carbonyl (C=O) groups is 1. The van der Waals surface area contributed by atoms with E-state index >= 15 is 0 Å². The van der Waals surface area contributed by atoms with Crippen LogP contribution < -0.4 is 5.32 Å². The maximum atomic E-state index is 12.5. The summed E-state index contributed by atoms with van der Waals surface area (Å²) in [7, 11) is 0. The van der Waals surface area contributed by atoms with Crippen molar-refractivity contribution in [2.75, 3.05) is 0 Å². The SMILES string of the molecule is CC1(C)C2CC[C@@]1(C)C(NC(=O)C1CCCCC1)C2. The van der Waals surface area contributed by atoms with Gasteiger partial charge in [-0.25, -0.2) is 0 Å². The van der Waals surface area contributed by atoms with Gasteiger partial charge in [-0.15, -0.1) is 0 Å². The summed E-state index contributed by atoms with van der Waals surface area (Å²) >= 11 is 0. The lowest BCUT2D eigenvalue weighted by Crippen LogP contribution is -2.48. The van der Waals surface area contributed by atoms with E-state index in [0.29, 0.717) is 28.7 Å². The molecule has 2 unspecified atom stereocenters. The van der Waals surface area contributed by atoms with Crippen molar-refractivity contribution in [3.63, 3.8) is 0 Å². The molecule has 2 bridgehead atoms. The van der Waals surface area contributed by atoms with Crippen LogP contribution in [0.15, 0.2) is 0 Å². The highest BCUT2D eigenvalue weighted by Gasteiger charge is 2.61. The minimum atomic E-state index is 0.305. The highest BCUT2D eigenvalue weighted by atomic mass is 16.2. The Kier molecular flexibility index (Phi) is 3.18. The second-order valence-corrected chi connectivity index (χ2v) is 8.01. The molecule has 3 aliphatic rings. The highest BCUT2D eigenvalue weighted by molar-refractivity contribution is 5.79. The van der Waals surface area contributed by atoms with Gasteiger partial charge in [0.05, 0.1) is 0 Å². The van der Waals surface area contributed by atoms with Gasteiger partial charge in [0.25, 0.3) is 0 Å². The van der Waals surface area contributed by atoms with E-state index in [0.717, 1.165) is 18.8 Å². The van der Waals surface area contributed by atoms with Crippen molar-refractivity contribution in [2.45, 2.75) is 78.2 Å². The molecule has 1 amide bonds. The fourth-order valence-corrected chi connectivity index (χ4v) is 5.08. The molecule has 3 rings (SSSR count). The average molecular weight is 263 g/mol. The van der Waals surface area contributed by atoms with Crippen molar-refractivity contribution >= 4 is 5.91 Å². The zero-order chi connectivity index (χ0) is 13.7. The van der Waals surface area contributed by atoms with E-state index in [-0.39, 0.29) is 0 Å². The Morgan fingerprint density at radius 3 is 2.26 bits per heavy atom. The molecule has 2 heteroatoms. The molecule has 3 saturated carbocycles. The molecule has 0 radical (unpaired) electrons. The van der Waals surface area contributed by atoms with Crippen LogP contribution in [0.4, 0.5) is 0 Å². The first-order valence-corrected chi connectivity index (χ1v) is 8.25. The monoisotopic (exact) mass is 263 g/mol. The van der Waals surface area contributed by atoms with Crippen molar-refractivity contribution in [3.8, 4) is 0 Å². The lowest BCUT2D eigenvalue weighted by atomic mass is 9.69. The van der Waals surface area contributed by atoms with Gasteiger partial charge in [0.15, 0.2) is 0 Å². The van der Waals surface area contributed by atoms with Gasteiger partial charge in [-0.2, -0.15) is 0 Å². The van der Waals surface area contributed by atoms with Gasteiger partial charge in [0.1, 0.15) is 0 Å². The molecule has 3 aliphatic carbocycles. The average Bonchev–Trinajstić information content (AvgIpc) is 2.73. The summed E-state index contributed by atoms with van der Waals surface area (Å²) in [5.74, 6) is 1.48. The van der Waals surface area contributed by atoms with Crippen molar-refractivity contribution in [1.82, 2.24) is 5.32 Å². The first-order chi connectivity index (χ1) is 8.95. The third-order valence-corrected chi connectivity index (χ3v) is 7.09. The van der Waals surface area contributed by atoms with Crippen LogP contribution in [0.3, 0.4) is 0 Å². The van der Waals surface area contributed by atoms with E-state index in [1.165, 1.54) is 38.5 Å². The molecule has 0 heterocycles. The summed E-state index contributed by atoms with van der Waals surface area (Å²) in [5.41, 5.74) is 0.722. The zero-order valence-corrected chi connectivity index (χ0v) is 12.8. The number of carbonyl (C=O) groups excluding carboxylic acids is 1. The van der Waals surface area contributed by atoms with Crippen LogP contribution in [-0.2, 0) is 4.79 Å². The van der Waals surface area contributed by atoms with E-state index in [4.69, 9.17) is 0 Å². The molecular weight excluding hydrogens is 234 g/mol. The van der Waals surface area contributed by atoms with Crippen LogP contribution in [0.5, 0.6) is 0 Å². The normalized spacial score (nSPS) is 41.4. The van der Waals surface area contributed by atoms with E-state index in [1.807, 2.05) is 0 Å². The minimum absolute atomic E-state index is 0.305. The Hall–Kier alpha value is -0.530. The molecule has 3 fully saturated rings. The first-order valence-electron chi connectivity index (χ1n) is 8.25. The number of rotatable bonds is 2. The van der Waals surface area contributed by atoms with Crippen molar-refractivity contribution in [1.29, 1.82) is 0 Å². The van der Waals surface area contributed by atoms with E-state index in [9.17, 15) is 4.79 Å². The highest BCUT2D eigenvalue weighted by Crippen LogP contribution is 2.65. The molecule has 19 heavy (non-hydrogen) atoms. The molecule has 1 N–H and O–H groups in total.